The first-order valence-electron chi connectivity index (χ1n) is 9.64. The Morgan fingerprint density at radius 2 is 1.80 bits per heavy atom. The van der Waals surface area contributed by atoms with Crippen LogP contribution >= 0.6 is 11.6 Å². The van der Waals surface area contributed by atoms with Gasteiger partial charge in [-0.15, -0.1) is 0 Å². The molecule has 150 valence electrons. The van der Waals surface area contributed by atoms with Crippen LogP contribution in [-0.2, 0) is 6.42 Å². The van der Waals surface area contributed by atoms with Crippen molar-refractivity contribution in [3.05, 3.63) is 105 Å². The first-order chi connectivity index (χ1) is 14.5. The number of carbonyl (C=O) groups excluding carboxylic acids is 1. The summed E-state index contributed by atoms with van der Waals surface area (Å²) in [6.45, 7) is 2.30. The van der Waals surface area contributed by atoms with Crippen molar-refractivity contribution in [1.29, 1.82) is 0 Å². The van der Waals surface area contributed by atoms with E-state index in [0.29, 0.717) is 46.0 Å². The maximum Gasteiger partial charge on any atom is 0.265 e. The number of hydrogen-bond donors (Lipinski definition) is 1. The molecule has 0 unspecified atom stereocenters. The second kappa shape index (κ2) is 8.51. The van der Waals surface area contributed by atoms with Crippen molar-refractivity contribution in [2.45, 2.75) is 13.3 Å². The number of carbonyl (C=O) groups is 1. The lowest BCUT2D eigenvalue weighted by molar-refractivity contribution is 0.0954. The van der Waals surface area contributed by atoms with Gasteiger partial charge in [0.1, 0.15) is 5.82 Å². The molecule has 1 N–H and O–H groups in total. The van der Waals surface area contributed by atoms with E-state index in [2.05, 4.69) is 10.3 Å². The van der Waals surface area contributed by atoms with E-state index < -0.39 is 0 Å². The van der Waals surface area contributed by atoms with Crippen LogP contribution < -0.4 is 10.9 Å². The van der Waals surface area contributed by atoms with Crippen molar-refractivity contribution in [1.82, 2.24) is 14.9 Å². The number of rotatable bonds is 5. The Kier molecular flexibility index (Phi) is 5.63. The van der Waals surface area contributed by atoms with E-state index in [0.717, 1.165) is 5.56 Å². The largest absolute Gasteiger partial charge is 0.352 e. The Hall–Kier alpha value is -3.44. The predicted molar refractivity (Wildman–Crippen MR) is 120 cm³/mol. The number of amides is 1. The minimum absolute atomic E-state index is 0.128. The average molecular weight is 418 g/mol. The summed E-state index contributed by atoms with van der Waals surface area (Å²) < 4.78 is 1.56. The fourth-order valence-corrected chi connectivity index (χ4v) is 3.64. The third kappa shape index (κ3) is 4.11. The first-order valence-corrected chi connectivity index (χ1v) is 10.0. The van der Waals surface area contributed by atoms with E-state index >= 15 is 0 Å². The van der Waals surface area contributed by atoms with Crippen LogP contribution in [0.1, 0.15) is 21.7 Å². The van der Waals surface area contributed by atoms with Crippen molar-refractivity contribution < 1.29 is 4.79 Å². The molecule has 1 heterocycles. The van der Waals surface area contributed by atoms with Gasteiger partial charge in [-0.25, -0.2) is 4.98 Å². The van der Waals surface area contributed by atoms with Gasteiger partial charge in [-0.2, -0.15) is 0 Å². The highest BCUT2D eigenvalue weighted by Gasteiger charge is 2.11. The summed E-state index contributed by atoms with van der Waals surface area (Å²) in [5.74, 6) is 0.432. The Bertz CT molecular complexity index is 1280. The number of para-hydroxylation sites is 1. The van der Waals surface area contributed by atoms with Crippen molar-refractivity contribution >= 4 is 28.4 Å². The third-order valence-corrected chi connectivity index (χ3v) is 5.15. The van der Waals surface area contributed by atoms with Gasteiger partial charge in [0, 0.05) is 17.1 Å². The van der Waals surface area contributed by atoms with Crippen LogP contribution in [0.4, 0.5) is 0 Å². The fraction of sp³-hybridized carbons (Fsp3) is 0.125. The quantitative estimate of drug-likeness (QED) is 0.526. The van der Waals surface area contributed by atoms with Crippen LogP contribution in [0.15, 0.2) is 77.6 Å². The predicted octanol–water partition coefficient (Wildman–Crippen LogP) is 4.32. The summed E-state index contributed by atoms with van der Waals surface area (Å²) in [4.78, 5) is 29.9. The zero-order chi connectivity index (χ0) is 21.1. The van der Waals surface area contributed by atoms with E-state index in [1.807, 2.05) is 42.5 Å². The van der Waals surface area contributed by atoms with E-state index in [4.69, 9.17) is 11.6 Å². The van der Waals surface area contributed by atoms with Crippen molar-refractivity contribution in [3.8, 4) is 5.69 Å². The summed E-state index contributed by atoms with van der Waals surface area (Å²) in [6, 6.07) is 21.8. The number of aryl methyl sites for hydroxylation is 1. The monoisotopic (exact) mass is 417 g/mol. The number of nitrogens with zero attached hydrogens (tertiary/aromatic N) is 2. The molecular formula is C24H20ClN3O2. The number of fused-ring (bicyclic) bond motifs is 1. The molecule has 0 fully saturated rings. The maximum absolute atomic E-state index is 12.9. The Morgan fingerprint density at radius 3 is 2.57 bits per heavy atom. The molecular weight excluding hydrogens is 398 g/mol. The highest BCUT2D eigenvalue weighted by molar-refractivity contribution is 6.30. The van der Waals surface area contributed by atoms with Gasteiger partial charge >= 0.3 is 0 Å². The van der Waals surface area contributed by atoms with E-state index in [9.17, 15) is 9.59 Å². The molecule has 0 atom stereocenters. The molecule has 0 saturated heterocycles. The Labute approximate surface area is 179 Å². The summed E-state index contributed by atoms with van der Waals surface area (Å²) in [5.41, 5.74) is 2.82. The minimum Gasteiger partial charge on any atom is -0.352 e. The van der Waals surface area contributed by atoms with Crippen LogP contribution in [0.3, 0.4) is 0 Å². The number of benzene rings is 3. The van der Waals surface area contributed by atoms with Crippen LogP contribution in [0.5, 0.6) is 0 Å². The molecule has 0 bridgehead atoms. The molecule has 6 heteroatoms. The van der Waals surface area contributed by atoms with E-state index in [1.54, 1.807) is 41.8 Å². The molecule has 0 spiro atoms. The Morgan fingerprint density at radius 1 is 1.03 bits per heavy atom. The molecule has 4 aromatic rings. The third-order valence-electron chi connectivity index (χ3n) is 4.92. The van der Waals surface area contributed by atoms with Gasteiger partial charge in [-0.1, -0.05) is 35.9 Å². The standard InChI is InChI=1S/C24H20ClN3O2/c1-16-27-22-8-3-2-7-21(22)24(30)28(16)20-11-9-18(10-12-20)23(29)26-14-13-17-5-4-6-19(25)15-17/h2-12,15H,13-14H2,1H3,(H,26,29). The SMILES string of the molecule is Cc1nc2ccccc2c(=O)n1-c1ccc(C(=O)NCCc2cccc(Cl)c2)cc1. The molecule has 5 nitrogen and oxygen atoms in total. The second-order valence-electron chi connectivity index (χ2n) is 7.00. The molecule has 1 aromatic heterocycles. The van der Waals surface area contributed by atoms with Gasteiger partial charge in [0.2, 0.25) is 0 Å². The molecule has 4 rings (SSSR count). The zero-order valence-electron chi connectivity index (χ0n) is 16.4. The Balaban J connectivity index is 1.50. The number of halogens is 1. The summed E-state index contributed by atoms with van der Waals surface area (Å²) in [7, 11) is 0. The molecule has 1 amide bonds. The summed E-state index contributed by atoms with van der Waals surface area (Å²) in [5, 5.41) is 4.15. The number of nitrogens with one attached hydrogen (secondary N) is 1. The smallest absolute Gasteiger partial charge is 0.265 e. The maximum atomic E-state index is 12.9. The van der Waals surface area contributed by atoms with Crippen LogP contribution in [-0.4, -0.2) is 22.0 Å². The van der Waals surface area contributed by atoms with Gasteiger partial charge in [0.05, 0.1) is 16.6 Å². The fourth-order valence-electron chi connectivity index (χ4n) is 3.42. The molecule has 0 radical (unpaired) electrons. The van der Waals surface area contributed by atoms with Gasteiger partial charge in [0.25, 0.3) is 11.5 Å². The lowest BCUT2D eigenvalue weighted by Crippen LogP contribution is -2.26. The minimum atomic E-state index is -0.163. The van der Waals surface area contributed by atoms with Crippen molar-refractivity contribution in [2.75, 3.05) is 6.54 Å². The van der Waals surface area contributed by atoms with Crippen LogP contribution in [0.25, 0.3) is 16.6 Å². The average Bonchev–Trinajstić information content (AvgIpc) is 2.74. The van der Waals surface area contributed by atoms with Gasteiger partial charge in [-0.05, 0) is 67.4 Å². The lowest BCUT2D eigenvalue weighted by Gasteiger charge is -2.11. The second-order valence-corrected chi connectivity index (χ2v) is 7.44. The molecule has 0 aliphatic rings. The normalized spacial score (nSPS) is 10.9. The van der Waals surface area contributed by atoms with Crippen molar-refractivity contribution in [3.63, 3.8) is 0 Å². The van der Waals surface area contributed by atoms with Crippen molar-refractivity contribution in [2.24, 2.45) is 0 Å². The topological polar surface area (TPSA) is 64.0 Å². The highest BCUT2D eigenvalue weighted by atomic mass is 35.5. The van der Waals surface area contributed by atoms with Crippen LogP contribution in [0.2, 0.25) is 5.02 Å². The summed E-state index contributed by atoms with van der Waals surface area (Å²) >= 11 is 5.99. The van der Waals surface area contributed by atoms with E-state index in [-0.39, 0.29) is 11.5 Å². The van der Waals surface area contributed by atoms with Gasteiger partial charge in [-0.3, -0.25) is 14.2 Å². The molecule has 3 aromatic carbocycles. The molecule has 30 heavy (non-hydrogen) atoms. The lowest BCUT2D eigenvalue weighted by atomic mass is 10.1. The van der Waals surface area contributed by atoms with Crippen LogP contribution in [0, 0.1) is 6.92 Å². The van der Waals surface area contributed by atoms with E-state index in [1.165, 1.54) is 0 Å². The van der Waals surface area contributed by atoms with Gasteiger partial charge < -0.3 is 5.32 Å². The zero-order valence-corrected chi connectivity index (χ0v) is 17.2. The summed E-state index contributed by atoms with van der Waals surface area (Å²) in [6.07, 6.45) is 0.696. The molecule has 0 aliphatic heterocycles. The van der Waals surface area contributed by atoms with Gasteiger partial charge in [0.15, 0.2) is 0 Å². The molecule has 0 saturated carbocycles. The highest BCUT2D eigenvalue weighted by Crippen LogP contribution is 2.14. The first kappa shape index (κ1) is 19.9. The number of aromatic nitrogens is 2. The molecule has 0 aliphatic carbocycles. The number of hydrogen-bond acceptors (Lipinski definition) is 3.